The predicted molar refractivity (Wildman–Crippen MR) is 171 cm³/mol. The van der Waals surface area contributed by atoms with E-state index in [1.807, 2.05) is 6.20 Å². The highest BCUT2D eigenvalue weighted by atomic mass is 28.4. The van der Waals surface area contributed by atoms with Crippen LogP contribution in [0.3, 0.4) is 0 Å². The van der Waals surface area contributed by atoms with Gasteiger partial charge in [0.1, 0.15) is 17.7 Å². The Labute approximate surface area is 252 Å². The molecule has 1 saturated carbocycles. The Morgan fingerprint density at radius 1 is 0.929 bits per heavy atom. The van der Waals surface area contributed by atoms with E-state index in [0.29, 0.717) is 5.56 Å². The molecule has 1 aliphatic rings. The molecule has 1 aromatic heterocycles. The fraction of sp³-hybridized carbons (Fsp3) is 0.528. The lowest BCUT2D eigenvalue weighted by Gasteiger charge is -2.42. The van der Waals surface area contributed by atoms with Crippen molar-refractivity contribution in [1.82, 2.24) is 4.98 Å². The Hall–Kier alpha value is -2.41. The van der Waals surface area contributed by atoms with Crippen LogP contribution in [0, 0.1) is 17.0 Å². The summed E-state index contributed by atoms with van der Waals surface area (Å²) in [7, 11) is -2.24. The summed E-state index contributed by atoms with van der Waals surface area (Å²) in [6.45, 7) is 18.0. The number of nitrogens with zero attached hydrogens (tertiary/aromatic N) is 1. The van der Waals surface area contributed by atoms with Gasteiger partial charge < -0.3 is 9.53 Å². The van der Waals surface area contributed by atoms with Gasteiger partial charge in [0.05, 0.1) is 11.8 Å². The smallest absolute Gasteiger partial charge is 0.192 e. The zero-order valence-electron chi connectivity index (χ0n) is 26.7. The summed E-state index contributed by atoms with van der Waals surface area (Å²) >= 11 is 0. The number of aliphatic hydroxyl groups is 1. The molecule has 0 amide bonds. The van der Waals surface area contributed by atoms with E-state index in [1.165, 1.54) is 24.3 Å². The Balaban J connectivity index is 2.04. The van der Waals surface area contributed by atoms with E-state index in [9.17, 15) is 13.9 Å². The number of pyridine rings is 1. The van der Waals surface area contributed by atoms with Gasteiger partial charge in [0.15, 0.2) is 8.32 Å². The standard InChI is InChI=1S/C36H49F2NO2Si/c1-9-36(5,6)22-30(41-42(7,8)35(2,3)4)29-23-39-33(25-12-10-11-13-25)32(31(29)24-14-18-27(37)19-15-24)34(40)26-16-20-28(38)21-17-26/h14-21,23,25,30,34,40H,9-13,22H2,1-8H3/t30-,34?/m0/s1. The van der Waals surface area contributed by atoms with Gasteiger partial charge in [-0.3, -0.25) is 4.98 Å². The maximum atomic E-state index is 14.3. The third-order valence-corrected chi connectivity index (χ3v) is 14.3. The Kier molecular flexibility index (Phi) is 9.81. The molecule has 228 valence electrons. The molecule has 6 heteroatoms. The van der Waals surface area contributed by atoms with Crippen molar-refractivity contribution in [3.63, 3.8) is 0 Å². The molecule has 1 N–H and O–H groups in total. The van der Waals surface area contributed by atoms with Gasteiger partial charge in [-0.1, -0.05) is 85.1 Å². The third-order valence-electron chi connectivity index (χ3n) is 9.80. The number of aromatic nitrogens is 1. The fourth-order valence-corrected chi connectivity index (χ4v) is 7.02. The molecule has 0 spiro atoms. The minimum absolute atomic E-state index is 0.00699. The van der Waals surface area contributed by atoms with Crippen LogP contribution < -0.4 is 0 Å². The first-order chi connectivity index (χ1) is 19.6. The van der Waals surface area contributed by atoms with Crippen LogP contribution in [0.25, 0.3) is 11.1 Å². The van der Waals surface area contributed by atoms with E-state index in [0.717, 1.165) is 66.5 Å². The topological polar surface area (TPSA) is 42.4 Å². The summed E-state index contributed by atoms with van der Waals surface area (Å²) in [6.07, 6.45) is 6.68. The number of hydrogen-bond donors (Lipinski definition) is 1. The molecule has 42 heavy (non-hydrogen) atoms. The average Bonchev–Trinajstić information content (AvgIpc) is 3.46. The first-order valence-electron chi connectivity index (χ1n) is 15.5. The van der Waals surface area contributed by atoms with Crippen molar-refractivity contribution >= 4 is 8.32 Å². The maximum Gasteiger partial charge on any atom is 0.192 e. The Morgan fingerprint density at radius 3 is 2.00 bits per heavy atom. The van der Waals surface area contributed by atoms with Crippen molar-refractivity contribution in [1.29, 1.82) is 0 Å². The van der Waals surface area contributed by atoms with E-state index >= 15 is 0 Å². The minimum Gasteiger partial charge on any atom is -0.410 e. The Bertz CT molecular complexity index is 1340. The number of halogens is 2. The molecule has 3 nitrogen and oxygen atoms in total. The molecular weight excluding hydrogens is 544 g/mol. The van der Waals surface area contributed by atoms with Crippen molar-refractivity contribution in [2.45, 2.75) is 116 Å². The minimum atomic E-state index is -2.24. The molecule has 0 radical (unpaired) electrons. The highest BCUT2D eigenvalue weighted by Gasteiger charge is 2.42. The van der Waals surface area contributed by atoms with Crippen LogP contribution >= 0.6 is 0 Å². The monoisotopic (exact) mass is 593 g/mol. The molecule has 1 heterocycles. The number of benzene rings is 2. The lowest BCUT2D eigenvalue weighted by molar-refractivity contribution is 0.119. The van der Waals surface area contributed by atoms with Gasteiger partial charge in [-0.25, -0.2) is 8.78 Å². The lowest BCUT2D eigenvalue weighted by Crippen LogP contribution is -2.42. The number of hydrogen-bond acceptors (Lipinski definition) is 3. The van der Waals surface area contributed by atoms with Crippen molar-refractivity contribution in [3.05, 3.63) is 88.7 Å². The van der Waals surface area contributed by atoms with Gasteiger partial charge in [0.25, 0.3) is 0 Å². The predicted octanol–water partition coefficient (Wildman–Crippen LogP) is 10.7. The zero-order valence-corrected chi connectivity index (χ0v) is 27.7. The fourth-order valence-electron chi connectivity index (χ4n) is 5.75. The largest absolute Gasteiger partial charge is 0.410 e. The van der Waals surface area contributed by atoms with Crippen LogP contribution in [0.1, 0.15) is 121 Å². The van der Waals surface area contributed by atoms with Gasteiger partial charge in [0.2, 0.25) is 0 Å². The molecule has 4 rings (SSSR count). The summed E-state index contributed by atoms with van der Waals surface area (Å²) in [5, 5.41) is 12.1. The highest BCUT2D eigenvalue weighted by Crippen LogP contribution is 2.49. The van der Waals surface area contributed by atoms with Crippen LogP contribution in [0.5, 0.6) is 0 Å². The SMILES string of the molecule is CCC(C)(C)C[C@H](O[Si](C)(C)C(C)(C)C)c1cnc(C2CCCC2)c(C(O)c2ccc(F)cc2)c1-c1ccc(F)cc1. The molecule has 0 aliphatic heterocycles. The number of aliphatic hydroxyl groups excluding tert-OH is 1. The second kappa shape index (κ2) is 12.7. The summed E-state index contributed by atoms with van der Waals surface area (Å²) in [6, 6.07) is 12.6. The average molecular weight is 594 g/mol. The molecular formula is C36H49F2NO2Si. The maximum absolute atomic E-state index is 14.3. The van der Waals surface area contributed by atoms with Crippen molar-refractivity contribution in [2.75, 3.05) is 0 Å². The second-order valence-electron chi connectivity index (χ2n) is 14.4. The molecule has 0 saturated heterocycles. The van der Waals surface area contributed by atoms with E-state index in [-0.39, 0.29) is 34.1 Å². The van der Waals surface area contributed by atoms with Crippen LogP contribution in [0.4, 0.5) is 8.78 Å². The van der Waals surface area contributed by atoms with Crippen LogP contribution in [0.15, 0.2) is 54.7 Å². The molecule has 1 fully saturated rings. The van der Waals surface area contributed by atoms with E-state index in [4.69, 9.17) is 9.41 Å². The van der Waals surface area contributed by atoms with E-state index < -0.39 is 14.4 Å². The van der Waals surface area contributed by atoms with Crippen LogP contribution in [-0.4, -0.2) is 18.4 Å². The van der Waals surface area contributed by atoms with E-state index in [2.05, 4.69) is 54.6 Å². The van der Waals surface area contributed by atoms with Gasteiger partial charge in [-0.15, -0.1) is 0 Å². The van der Waals surface area contributed by atoms with Crippen LogP contribution in [-0.2, 0) is 4.43 Å². The molecule has 2 atom stereocenters. The normalized spacial score (nSPS) is 16.5. The summed E-state index contributed by atoms with van der Waals surface area (Å²) in [5.41, 5.74) is 4.82. The van der Waals surface area contributed by atoms with Gasteiger partial charge >= 0.3 is 0 Å². The van der Waals surface area contributed by atoms with Crippen molar-refractivity contribution < 1.29 is 18.3 Å². The van der Waals surface area contributed by atoms with E-state index in [1.54, 1.807) is 24.3 Å². The summed E-state index contributed by atoms with van der Waals surface area (Å²) < 4.78 is 35.4. The molecule has 1 aliphatic carbocycles. The van der Waals surface area contributed by atoms with Crippen molar-refractivity contribution in [3.8, 4) is 11.1 Å². The second-order valence-corrected chi connectivity index (χ2v) is 19.2. The first-order valence-corrected chi connectivity index (χ1v) is 18.4. The summed E-state index contributed by atoms with van der Waals surface area (Å²) in [5.74, 6) is -0.445. The molecule has 3 aromatic rings. The van der Waals surface area contributed by atoms with Gasteiger partial charge in [0, 0.05) is 23.2 Å². The summed E-state index contributed by atoms with van der Waals surface area (Å²) in [4.78, 5) is 5.12. The zero-order chi connectivity index (χ0) is 30.9. The number of rotatable bonds is 10. The Morgan fingerprint density at radius 2 is 1.48 bits per heavy atom. The first kappa shape index (κ1) is 32.5. The van der Waals surface area contributed by atoms with Gasteiger partial charge in [-0.2, -0.15) is 0 Å². The van der Waals surface area contributed by atoms with Crippen LogP contribution in [0.2, 0.25) is 18.1 Å². The van der Waals surface area contributed by atoms with Gasteiger partial charge in [-0.05, 0) is 83.8 Å². The lowest BCUT2D eigenvalue weighted by atomic mass is 9.79. The van der Waals surface area contributed by atoms with Crippen molar-refractivity contribution in [2.24, 2.45) is 5.41 Å². The third kappa shape index (κ3) is 7.20. The molecule has 1 unspecified atom stereocenters. The highest BCUT2D eigenvalue weighted by molar-refractivity contribution is 6.74. The molecule has 0 bridgehead atoms. The quantitative estimate of drug-likeness (QED) is 0.238. The molecule has 2 aromatic carbocycles.